The molecule has 0 unspecified atom stereocenters. The summed E-state index contributed by atoms with van der Waals surface area (Å²) in [6.07, 6.45) is 0. The van der Waals surface area contributed by atoms with Crippen LogP contribution in [0, 0.1) is 5.41 Å². The minimum absolute atomic E-state index is 0.0913. The lowest BCUT2D eigenvalue weighted by Crippen LogP contribution is -2.35. The molecule has 0 amide bonds. The number of H-pyrrole nitrogens is 1. The van der Waals surface area contributed by atoms with Gasteiger partial charge < -0.3 is 15.5 Å². The molecule has 2 aromatic rings. The fourth-order valence-electron chi connectivity index (χ4n) is 1.73. The Bertz CT molecular complexity index is 583. The summed E-state index contributed by atoms with van der Waals surface area (Å²) < 4.78 is 4.95. The highest BCUT2D eigenvalue weighted by Gasteiger charge is 2.14. The molecule has 0 spiro atoms. The van der Waals surface area contributed by atoms with Gasteiger partial charge in [0.15, 0.2) is 5.58 Å². The second kappa shape index (κ2) is 4.96. The summed E-state index contributed by atoms with van der Waals surface area (Å²) in [5.74, 6) is -0.417. The second-order valence-corrected chi connectivity index (χ2v) is 5.32. The topological polar surface area (TPSA) is 84.0 Å². The fourth-order valence-corrected chi connectivity index (χ4v) is 1.73. The van der Waals surface area contributed by atoms with Crippen molar-refractivity contribution < 1.29 is 4.42 Å². The SMILES string of the molecule is CC(C)(CN)CNCc1ccc2oc(=O)[nH]c2c1. The van der Waals surface area contributed by atoms with Crippen molar-refractivity contribution in [2.75, 3.05) is 13.1 Å². The van der Waals surface area contributed by atoms with E-state index in [4.69, 9.17) is 10.2 Å². The van der Waals surface area contributed by atoms with Crippen LogP contribution >= 0.6 is 0 Å². The van der Waals surface area contributed by atoms with Crippen LogP contribution in [0.15, 0.2) is 27.4 Å². The smallest absolute Gasteiger partial charge is 0.408 e. The van der Waals surface area contributed by atoms with Gasteiger partial charge in [0.05, 0.1) is 5.52 Å². The van der Waals surface area contributed by atoms with Crippen LogP contribution in [0.1, 0.15) is 19.4 Å². The molecule has 5 nitrogen and oxygen atoms in total. The first-order chi connectivity index (χ1) is 8.50. The summed E-state index contributed by atoms with van der Waals surface area (Å²) in [7, 11) is 0. The zero-order valence-electron chi connectivity index (χ0n) is 10.7. The highest BCUT2D eigenvalue weighted by molar-refractivity contribution is 5.72. The second-order valence-electron chi connectivity index (χ2n) is 5.32. The maximum atomic E-state index is 11.0. The molecule has 0 aliphatic carbocycles. The minimum atomic E-state index is -0.417. The zero-order valence-corrected chi connectivity index (χ0v) is 10.7. The predicted molar refractivity (Wildman–Crippen MR) is 71.4 cm³/mol. The minimum Gasteiger partial charge on any atom is -0.408 e. The van der Waals surface area contributed by atoms with Crippen molar-refractivity contribution in [2.24, 2.45) is 11.1 Å². The van der Waals surface area contributed by atoms with Gasteiger partial charge in [-0.25, -0.2) is 4.79 Å². The molecular weight excluding hydrogens is 230 g/mol. The number of aromatic nitrogens is 1. The highest BCUT2D eigenvalue weighted by atomic mass is 16.4. The van der Waals surface area contributed by atoms with E-state index in [0.29, 0.717) is 12.1 Å². The predicted octanol–water partition coefficient (Wildman–Crippen LogP) is 1.20. The van der Waals surface area contributed by atoms with Crippen molar-refractivity contribution in [1.82, 2.24) is 10.3 Å². The number of fused-ring (bicyclic) bond motifs is 1. The zero-order chi connectivity index (χ0) is 13.2. The standard InChI is InChI=1S/C13H19N3O2/c1-13(2,7-14)8-15-6-9-3-4-11-10(5-9)16-12(17)18-11/h3-5,15H,6-8,14H2,1-2H3,(H,16,17). The Hall–Kier alpha value is -1.59. The largest absolute Gasteiger partial charge is 0.417 e. The van der Waals surface area contributed by atoms with Crippen LogP contribution in [0.2, 0.25) is 0 Å². The number of hydrogen-bond donors (Lipinski definition) is 3. The van der Waals surface area contributed by atoms with Crippen LogP contribution in [0.25, 0.3) is 11.1 Å². The Morgan fingerprint density at radius 1 is 1.44 bits per heavy atom. The molecule has 98 valence electrons. The van der Waals surface area contributed by atoms with Gasteiger partial charge in [-0.15, -0.1) is 0 Å². The van der Waals surface area contributed by atoms with Gasteiger partial charge in [0, 0.05) is 13.1 Å². The Morgan fingerprint density at radius 2 is 2.22 bits per heavy atom. The Labute approximate surface area is 105 Å². The average molecular weight is 249 g/mol. The molecule has 5 heteroatoms. The molecule has 0 atom stereocenters. The number of hydrogen-bond acceptors (Lipinski definition) is 4. The molecule has 18 heavy (non-hydrogen) atoms. The quantitative estimate of drug-likeness (QED) is 0.743. The third-order valence-corrected chi connectivity index (χ3v) is 2.97. The summed E-state index contributed by atoms with van der Waals surface area (Å²) in [5.41, 5.74) is 8.19. The Balaban J connectivity index is 2.01. The molecule has 0 saturated carbocycles. The first-order valence-corrected chi connectivity index (χ1v) is 6.03. The lowest BCUT2D eigenvalue weighted by atomic mass is 9.94. The average Bonchev–Trinajstić information content (AvgIpc) is 2.68. The van der Waals surface area contributed by atoms with Crippen molar-refractivity contribution >= 4 is 11.1 Å². The van der Waals surface area contributed by atoms with E-state index < -0.39 is 5.76 Å². The van der Waals surface area contributed by atoms with Gasteiger partial charge in [-0.05, 0) is 29.7 Å². The van der Waals surface area contributed by atoms with E-state index in [-0.39, 0.29) is 5.41 Å². The van der Waals surface area contributed by atoms with Gasteiger partial charge >= 0.3 is 5.76 Å². The van der Waals surface area contributed by atoms with Crippen LogP contribution in [0.4, 0.5) is 0 Å². The van der Waals surface area contributed by atoms with Crippen LogP contribution in [0.3, 0.4) is 0 Å². The first kappa shape index (κ1) is 12.9. The van der Waals surface area contributed by atoms with E-state index in [1.807, 2.05) is 12.1 Å². The van der Waals surface area contributed by atoms with Crippen LogP contribution in [0.5, 0.6) is 0 Å². The van der Waals surface area contributed by atoms with E-state index in [2.05, 4.69) is 24.1 Å². The van der Waals surface area contributed by atoms with Crippen molar-refractivity contribution in [3.8, 4) is 0 Å². The van der Waals surface area contributed by atoms with E-state index in [0.717, 1.165) is 24.2 Å². The molecule has 0 radical (unpaired) electrons. The van der Waals surface area contributed by atoms with Crippen LogP contribution in [-0.4, -0.2) is 18.1 Å². The van der Waals surface area contributed by atoms with Gasteiger partial charge in [-0.3, -0.25) is 4.98 Å². The number of oxazole rings is 1. The van der Waals surface area contributed by atoms with Crippen molar-refractivity contribution in [1.29, 1.82) is 0 Å². The Kier molecular flexibility index (Phi) is 3.54. The third kappa shape index (κ3) is 3.00. The van der Waals surface area contributed by atoms with Crippen molar-refractivity contribution in [3.63, 3.8) is 0 Å². The number of benzene rings is 1. The summed E-state index contributed by atoms with van der Waals surface area (Å²) in [4.78, 5) is 13.7. The molecule has 1 aromatic heterocycles. The van der Waals surface area contributed by atoms with Crippen molar-refractivity contribution in [3.05, 3.63) is 34.3 Å². The monoisotopic (exact) mass is 249 g/mol. The molecule has 0 saturated heterocycles. The molecule has 0 aliphatic rings. The van der Waals surface area contributed by atoms with E-state index in [9.17, 15) is 4.79 Å². The molecule has 1 heterocycles. The van der Waals surface area contributed by atoms with E-state index in [1.165, 1.54) is 0 Å². The number of nitrogens with one attached hydrogen (secondary N) is 2. The first-order valence-electron chi connectivity index (χ1n) is 6.03. The maximum Gasteiger partial charge on any atom is 0.417 e. The molecule has 1 aromatic carbocycles. The van der Waals surface area contributed by atoms with Crippen LogP contribution in [-0.2, 0) is 6.54 Å². The highest BCUT2D eigenvalue weighted by Crippen LogP contribution is 2.13. The lowest BCUT2D eigenvalue weighted by molar-refractivity contribution is 0.351. The summed E-state index contributed by atoms with van der Waals surface area (Å²) in [6.45, 7) is 6.48. The fraction of sp³-hybridized carbons (Fsp3) is 0.462. The Morgan fingerprint density at radius 3 is 2.94 bits per heavy atom. The molecule has 2 rings (SSSR count). The van der Waals surface area contributed by atoms with Crippen molar-refractivity contribution in [2.45, 2.75) is 20.4 Å². The number of nitrogens with two attached hydrogens (primary N) is 1. The van der Waals surface area contributed by atoms with E-state index >= 15 is 0 Å². The summed E-state index contributed by atoms with van der Waals surface area (Å²) in [6, 6.07) is 5.67. The third-order valence-electron chi connectivity index (χ3n) is 2.97. The molecule has 0 fully saturated rings. The lowest BCUT2D eigenvalue weighted by Gasteiger charge is -2.22. The number of rotatable bonds is 5. The van der Waals surface area contributed by atoms with Gasteiger partial charge in [0.25, 0.3) is 0 Å². The summed E-state index contributed by atoms with van der Waals surface area (Å²) in [5, 5.41) is 3.36. The molecule has 0 bridgehead atoms. The maximum absolute atomic E-state index is 11.0. The molecule has 0 aliphatic heterocycles. The van der Waals surface area contributed by atoms with E-state index in [1.54, 1.807) is 6.07 Å². The summed E-state index contributed by atoms with van der Waals surface area (Å²) >= 11 is 0. The molecular formula is C13H19N3O2. The molecule has 4 N–H and O–H groups in total. The van der Waals surface area contributed by atoms with Gasteiger partial charge in [-0.2, -0.15) is 0 Å². The van der Waals surface area contributed by atoms with Gasteiger partial charge in [-0.1, -0.05) is 19.9 Å². The van der Waals surface area contributed by atoms with Gasteiger partial charge in [0.1, 0.15) is 0 Å². The normalized spacial score (nSPS) is 12.2. The van der Waals surface area contributed by atoms with Gasteiger partial charge in [0.2, 0.25) is 0 Å². The number of aromatic amines is 1. The van der Waals surface area contributed by atoms with Crippen LogP contribution < -0.4 is 16.8 Å².